The SMILES string of the molecule is CC1(C)[C@H]2CC[C@@]1(C)[C@H](OC[C@@H](O)CN1CCN(Cc3ccc(Cl)cc3)CC1)C2. The molecule has 2 aliphatic carbocycles. The molecule has 0 radical (unpaired) electrons. The molecule has 4 atom stereocenters. The van der Waals surface area contributed by atoms with E-state index in [-0.39, 0.29) is 5.41 Å². The summed E-state index contributed by atoms with van der Waals surface area (Å²) in [5, 5.41) is 11.4. The molecule has 162 valence electrons. The zero-order chi connectivity index (χ0) is 20.6. The molecule has 1 aromatic rings. The van der Waals surface area contributed by atoms with Crippen LogP contribution in [0.2, 0.25) is 5.02 Å². The number of fused-ring (bicyclic) bond motifs is 2. The highest BCUT2D eigenvalue weighted by Crippen LogP contribution is 2.66. The predicted octanol–water partition coefficient (Wildman–Crippen LogP) is 4.05. The minimum Gasteiger partial charge on any atom is -0.389 e. The number of nitrogens with zero attached hydrogens (tertiary/aromatic N) is 2. The lowest BCUT2D eigenvalue weighted by Crippen LogP contribution is -2.49. The molecule has 3 fully saturated rings. The van der Waals surface area contributed by atoms with Crippen LogP contribution in [0, 0.1) is 16.7 Å². The summed E-state index contributed by atoms with van der Waals surface area (Å²) in [4.78, 5) is 4.85. The number of halogens is 1. The van der Waals surface area contributed by atoms with Crippen molar-refractivity contribution >= 4 is 11.6 Å². The van der Waals surface area contributed by atoms with E-state index in [2.05, 4.69) is 42.7 Å². The van der Waals surface area contributed by atoms with Gasteiger partial charge in [0.2, 0.25) is 0 Å². The lowest BCUT2D eigenvalue weighted by molar-refractivity contribution is -0.0807. The van der Waals surface area contributed by atoms with Crippen LogP contribution in [-0.2, 0) is 11.3 Å². The van der Waals surface area contributed by atoms with Crippen LogP contribution in [0.1, 0.15) is 45.6 Å². The first-order valence-corrected chi connectivity index (χ1v) is 11.6. The third-order valence-electron chi connectivity index (χ3n) is 8.46. The van der Waals surface area contributed by atoms with Gasteiger partial charge in [-0.1, -0.05) is 44.5 Å². The van der Waals surface area contributed by atoms with Crippen molar-refractivity contribution < 1.29 is 9.84 Å². The molecule has 0 amide bonds. The highest BCUT2D eigenvalue weighted by molar-refractivity contribution is 6.30. The first-order valence-electron chi connectivity index (χ1n) is 11.3. The lowest BCUT2D eigenvalue weighted by atomic mass is 9.70. The Labute approximate surface area is 181 Å². The Bertz CT molecular complexity index is 687. The Morgan fingerprint density at radius 1 is 1.10 bits per heavy atom. The maximum Gasteiger partial charge on any atom is 0.0900 e. The van der Waals surface area contributed by atoms with Crippen molar-refractivity contribution in [2.24, 2.45) is 16.7 Å². The van der Waals surface area contributed by atoms with Gasteiger partial charge >= 0.3 is 0 Å². The van der Waals surface area contributed by atoms with E-state index >= 15 is 0 Å². The van der Waals surface area contributed by atoms with E-state index in [1.807, 2.05) is 12.1 Å². The molecule has 5 heteroatoms. The molecular weight excluding hydrogens is 384 g/mol. The van der Waals surface area contributed by atoms with Crippen LogP contribution in [0.15, 0.2) is 24.3 Å². The fourth-order valence-electron chi connectivity index (χ4n) is 5.94. The Kier molecular flexibility index (Phi) is 6.30. The number of rotatable bonds is 7. The van der Waals surface area contributed by atoms with E-state index in [1.54, 1.807) is 0 Å². The van der Waals surface area contributed by atoms with Crippen molar-refractivity contribution in [3.05, 3.63) is 34.9 Å². The highest BCUT2D eigenvalue weighted by atomic mass is 35.5. The van der Waals surface area contributed by atoms with Gasteiger partial charge in [0, 0.05) is 44.3 Å². The van der Waals surface area contributed by atoms with E-state index in [1.165, 1.54) is 24.8 Å². The molecule has 0 aromatic heterocycles. The van der Waals surface area contributed by atoms with Crippen molar-refractivity contribution in [1.82, 2.24) is 9.80 Å². The third kappa shape index (κ3) is 4.38. The van der Waals surface area contributed by atoms with Crippen molar-refractivity contribution in [3.8, 4) is 0 Å². The Hall–Kier alpha value is -0.650. The smallest absolute Gasteiger partial charge is 0.0900 e. The Morgan fingerprint density at radius 2 is 1.76 bits per heavy atom. The molecule has 4 nitrogen and oxygen atoms in total. The highest BCUT2D eigenvalue weighted by Gasteiger charge is 2.61. The van der Waals surface area contributed by atoms with Crippen LogP contribution < -0.4 is 0 Å². The number of piperazine rings is 1. The predicted molar refractivity (Wildman–Crippen MR) is 118 cm³/mol. The fourth-order valence-corrected chi connectivity index (χ4v) is 6.06. The summed E-state index contributed by atoms with van der Waals surface area (Å²) in [6.45, 7) is 13.4. The number of aliphatic hydroxyl groups excluding tert-OH is 1. The van der Waals surface area contributed by atoms with Crippen LogP contribution >= 0.6 is 11.6 Å². The van der Waals surface area contributed by atoms with Gasteiger partial charge in [-0.05, 0) is 53.7 Å². The van der Waals surface area contributed by atoms with Gasteiger partial charge in [0.15, 0.2) is 0 Å². The Morgan fingerprint density at radius 3 is 2.34 bits per heavy atom. The fraction of sp³-hybridized carbons (Fsp3) is 0.750. The number of ether oxygens (including phenoxy) is 1. The molecule has 29 heavy (non-hydrogen) atoms. The first kappa shape index (κ1) is 21.6. The second kappa shape index (κ2) is 8.47. The monoisotopic (exact) mass is 420 g/mol. The number of hydrogen-bond donors (Lipinski definition) is 1. The zero-order valence-corrected chi connectivity index (χ0v) is 19.0. The van der Waals surface area contributed by atoms with Crippen LogP contribution in [-0.4, -0.2) is 66.4 Å². The van der Waals surface area contributed by atoms with Gasteiger partial charge in [-0.15, -0.1) is 0 Å². The number of β-amino-alcohol motifs (C(OH)–C–C–N with tert-alkyl or cyclic N) is 1. The van der Waals surface area contributed by atoms with E-state index in [0.717, 1.165) is 43.7 Å². The average Bonchev–Trinajstić information content (AvgIpc) is 3.03. The standard InChI is InChI=1S/C24H37ClN2O2/c1-23(2)19-8-9-24(23,3)22(14-19)29-17-21(28)16-27-12-10-26(11-13-27)15-18-4-6-20(25)7-5-18/h4-7,19,21-22,28H,8-17H2,1-3H3/t19-,21-,22+,24-/m0/s1. The molecular formula is C24H37ClN2O2. The third-order valence-corrected chi connectivity index (χ3v) is 8.71. The van der Waals surface area contributed by atoms with Crippen molar-refractivity contribution in [2.75, 3.05) is 39.3 Å². The zero-order valence-electron chi connectivity index (χ0n) is 18.2. The molecule has 0 spiro atoms. The summed E-state index contributed by atoms with van der Waals surface area (Å²) in [7, 11) is 0. The number of benzene rings is 1. The summed E-state index contributed by atoms with van der Waals surface area (Å²) < 4.78 is 6.29. The topological polar surface area (TPSA) is 35.9 Å². The molecule has 1 aliphatic heterocycles. The van der Waals surface area contributed by atoms with E-state index in [0.29, 0.717) is 24.7 Å². The summed E-state index contributed by atoms with van der Waals surface area (Å²) in [5.74, 6) is 0.781. The molecule has 1 N–H and O–H groups in total. The van der Waals surface area contributed by atoms with Gasteiger partial charge in [0.05, 0.1) is 18.8 Å². The molecule has 2 saturated carbocycles. The molecule has 2 bridgehead atoms. The first-order chi connectivity index (χ1) is 13.8. The second-order valence-corrected chi connectivity index (χ2v) is 10.7. The van der Waals surface area contributed by atoms with Gasteiger partial charge in [-0.2, -0.15) is 0 Å². The number of aliphatic hydroxyl groups is 1. The van der Waals surface area contributed by atoms with Gasteiger partial charge in [-0.25, -0.2) is 0 Å². The van der Waals surface area contributed by atoms with Crippen molar-refractivity contribution in [3.63, 3.8) is 0 Å². The van der Waals surface area contributed by atoms with Crippen molar-refractivity contribution in [1.29, 1.82) is 0 Å². The van der Waals surface area contributed by atoms with Gasteiger partial charge < -0.3 is 9.84 Å². The minimum absolute atomic E-state index is 0.269. The van der Waals surface area contributed by atoms with Crippen LogP contribution in [0.5, 0.6) is 0 Å². The molecule has 3 aliphatic rings. The van der Waals surface area contributed by atoms with Crippen LogP contribution in [0.4, 0.5) is 0 Å². The van der Waals surface area contributed by atoms with Gasteiger partial charge in [0.25, 0.3) is 0 Å². The maximum absolute atomic E-state index is 10.6. The molecule has 1 aromatic carbocycles. The summed E-state index contributed by atoms with van der Waals surface area (Å²) in [6.07, 6.45) is 3.68. The van der Waals surface area contributed by atoms with Crippen LogP contribution in [0.3, 0.4) is 0 Å². The van der Waals surface area contributed by atoms with E-state index < -0.39 is 6.10 Å². The quantitative estimate of drug-likeness (QED) is 0.721. The maximum atomic E-state index is 10.6. The summed E-state index contributed by atoms with van der Waals surface area (Å²) in [6, 6.07) is 8.13. The molecule has 0 unspecified atom stereocenters. The van der Waals surface area contributed by atoms with Crippen LogP contribution in [0.25, 0.3) is 0 Å². The molecule has 1 heterocycles. The Balaban J connectivity index is 1.18. The van der Waals surface area contributed by atoms with Gasteiger partial charge in [0.1, 0.15) is 0 Å². The summed E-state index contributed by atoms with van der Waals surface area (Å²) >= 11 is 5.97. The van der Waals surface area contributed by atoms with E-state index in [4.69, 9.17) is 16.3 Å². The molecule has 1 saturated heterocycles. The largest absolute Gasteiger partial charge is 0.389 e. The number of hydrogen-bond acceptors (Lipinski definition) is 4. The second-order valence-electron chi connectivity index (χ2n) is 10.3. The van der Waals surface area contributed by atoms with E-state index in [9.17, 15) is 5.11 Å². The lowest BCUT2D eigenvalue weighted by Gasteiger charge is -2.39. The average molecular weight is 421 g/mol. The van der Waals surface area contributed by atoms with Crippen molar-refractivity contribution in [2.45, 2.75) is 58.8 Å². The normalized spacial score (nSPS) is 33.3. The molecule has 4 rings (SSSR count). The minimum atomic E-state index is -0.399. The van der Waals surface area contributed by atoms with Gasteiger partial charge in [-0.3, -0.25) is 9.80 Å². The summed E-state index contributed by atoms with van der Waals surface area (Å²) in [5.41, 5.74) is 1.94.